The minimum atomic E-state index is -0.750. The zero-order valence-corrected chi connectivity index (χ0v) is 22.0. The van der Waals surface area contributed by atoms with Crippen LogP contribution in [-0.4, -0.2) is 69.5 Å². The first-order valence-corrected chi connectivity index (χ1v) is 12.9. The Morgan fingerprint density at radius 3 is 2.45 bits per heavy atom. The highest BCUT2D eigenvalue weighted by Crippen LogP contribution is 2.34. The summed E-state index contributed by atoms with van der Waals surface area (Å²) in [6.45, 7) is 6.13. The number of piperazine rings is 1. The number of amides is 4. The molecule has 8 nitrogen and oxygen atoms in total. The van der Waals surface area contributed by atoms with Crippen LogP contribution in [0.1, 0.15) is 44.4 Å². The Morgan fingerprint density at radius 2 is 1.82 bits per heavy atom. The number of fused-ring (bicyclic) bond motifs is 1. The Morgan fingerprint density at radius 1 is 1.13 bits per heavy atom. The molecule has 38 heavy (non-hydrogen) atoms. The molecule has 2 heterocycles. The second kappa shape index (κ2) is 11.7. The number of carbonyl (C=O) groups is 3. The maximum absolute atomic E-state index is 13.9. The van der Waals surface area contributed by atoms with E-state index in [1.54, 1.807) is 26.9 Å². The van der Waals surface area contributed by atoms with E-state index in [4.69, 9.17) is 6.42 Å². The molecule has 0 aromatic heterocycles. The number of carbonyl (C=O) groups excluding carboxylic acids is 3. The molecule has 4 atom stereocenters. The van der Waals surface area contributed by atoms with Crippen molar-refractivity contribution in [1.29, 1.82) is 0 Å². The summed E-state index contributed by atoms with van der Waals surface area (Å²) in [7, 11) is 0. The number of rotatable bonds is 7. The van der Waals surface area contributed by atoms with Gasteiger partial charge in [0.2, 0.25) is 11.8 Å². The zero-order valence-electron chi connectivity index (χ0n) is 22.0. The molecular formula is C29H34FN5O3. The minimum absolute atomic E-state index is 0.0598. The number of hydrazine groups is 1. The number of halogens is 1. The second-order valence-corrected chi connectivity index (χ2v) is 9.85. The number of benzene rings is 2. The lowest BCUT2D eigenvalue weighted by Gasteiger charge is -2.56. The third-order valence-electron chi connectivity index (χ3n) is 7.48. The molecule has 1 N–H and O–H groups in total. The van der Waals surface area contributed by atoms with Crippen LogP contribution >= 0.6 is 0 Å². The molecule has 200 valence electrons. The van der Waals surface area contributed by atoms with Gasteiger partial charge in [-0.05, 0) is 36.1 Å². The van der Waals surface area contributed by atoms with E-state index in [-0.39, 0.29) is 43.2 Å². The molecule has 0 saturated carbocycles. The van der Waals surface area contributed by atoms with Crippen LogP contribution in [0.4, 0.5) is 9.18 Å². The van der Waals surface area contributed by atoms with Gasteiger partial charge in [-0.3, -0.25) is 9.59 Å². The first kappa shape index (κ1) is 27.1. The number of nitrogens with one attached hydrogen (secondary N) is 1. The predicted octanol–water partition coefficient (Wildman–Crippen LogP) is 3.37. The van der Waals surface area contributed by atoms with Gasteiger partial charge in [-0.1, -0.05) is 68.7 Å². The number of terminal acetylenes is 1. The summed E-state index contributed by atoms with van der Waals surface area (Å²) in [5.41, 5.74) is 1.69. The van der Waals surface area contributed by atoms with Gasteiger partial charge in [-0.15, -0.1) is 6.42 Å². The van der Waals surface area contributed by atoms with Crippen LogP contribution < -0.4 is 5.32 Å². The average molecular weight is 520 g/mol. The van der Waals surface area contributed by atoms with Gasteiger partial charge in [-0.2, -0.15) is 5.01 Å². The van der Waals surface area contributed by atoms with E-state index in [0.717, 1.165) is 11.1 Å². The molecule has 2 aliphatic heterocycles. The summed E-state index contributed by atoms with van der Waals surface area (Å²) in [6, 6.07) is 14.0. The lowest BCUT2D eigenvalue weighted by molar-refractivity contribution is -0.194. The van der Waals surface area contributed by atoms with Crippen molar-refractivity contribution < 1.29 is 18.8 Å². The predicted molar refractivity (Wildman–Crippen MR) is 141 cm³/mol. The SMILES string of the molecule is C#CCN1CC(=O)N2[C@@H](C(C)CC)C(=O)N(C(C)c3ccc(F)cc3)C[C@@H]2N1C(=O)NCc1ccccc1. The fourth-order valence-corrected chi connectivity index (χ4v) is 5.21. The van der Waals surface area contributed by atoms with E-state index in [0.29, 0.717) is 13.0 Å². The van der Waals surface area contributed by atoms with Crippen molar-refractivity contribution in [2.24, 2.45) is 5.92 Å². The number of nitrogens with zero attached hydrogens (tertiary/aromatic N) is 4. The molecule has 2 aliphatic rings. The van der Waals surface area contributed by atoms with Crippen molar-refractivity contribution in [1.82, 2.24) is 25.1 Å². The van der Waals surface area contributed by atoms with Crippen LogP contribution in [-0.2, 0) is 16.1 Å². The van der Waals surface area contributed by atoms with Crippen LogP contribution in [0.5, 0.6) is 0 Å². The molecular weight excluding hydrogens is 485 g/mol. The third-order valence-corrected chi connectivity index (χ3v) is 7.48. The fraction of sp³-hybridized carbons (Fsp3) is 0.414. The van der Waals surface area contributed by atoms with Gasteiger partial charge in [0.05, 0.1) is 25.7 Å². The molecule has 0 spiro atoms. The first-order chi connectivity index (χ1) is 18.3. The summed E-state index contributed by atoms with van der Waals surface area (Å²) in [6.07, 6.45) is 5.53. The molecule has 0 aliphatic carbocycles. The summed E-state index contributed by atoms with van der Waals surface area (Å²) in [5.74, 6) is 1.61. The van der Waals surface area contributed by atoms with E-state index >= 15 is 0 Å². The lowest BCUT2D eigenvalue weighted by Crippen LogP contribution is -2.77. The van der Waals surface area contributed by atoms with Gasteiger partial charge < -0.3 is 15.1 Å². The van der Waals surface area contributed by atoms with Crippen LogP contribution in [0.15, 0.2) is 54.6 Å². The molecule has 4 rings (SSSR count). The van der Waals surface area contributed by atoms with Gasteiger partial charge in [0, 0.05) is 6.54 Å². The van der Waals surface area contributed by atoms with Crippen LogP contribution in [0.2, 0.25) is 0 Å². The fourth-order valence-electron chi connectivity index (χ4n) is 5.21. The molecule has 2 unspecified atom stereocenters. The van der Waals surface area contributed by atoms with Gasteiger partial charge in [0.1, 0.15) is 18.0 Å². The maximum atomic E-state index is 13.9. The lowest BCUT2D eigenvalue weighted by atomic mass is 9.91. The Bertz CT molecular complexity index is 1200. The highest BCUT2D eigenvalue weighted by Gasteiger charge is 2.53. The number of hydrogen-bond acceptors (Lipinski definition) is 4. The molecule has 2 aromatic carbocycles. The van der Waals surface area contributed by atoms with Gasteiger partial charge in [-0.25, -0.2) is 14.2 Å². The average Bonchev–Trinajstić information content (AvgIpc) is 2.92. The van der Waals surface area contributed by atoms with Crippen LogP contribution in [0.25, 0.3) is 0 Å². The second-order valence-electron chi connectivity index (χ2n) is 9.85. The van der Waals surface area contributed by atoms with Crippen molar-refractivity contribution in [2.75, 3.05) is 19.6 Å². The van der Waals surface area contributed by atoms with Gasteiger partial charge >= 0.3 is 6.03 Å². The van der Waals surface area contributed by atoms with E-state index in [1.165, 1.54) is 17.1 Å². The zero-order chi connectivity index (χ0) is 27.4. The Balaban J connectivity index is 1.70. The molecule has 2 aromatic rings. The maximum Gasteiger partial charge on any atom is 0.334 e. The van der Waals surface area contributed by atoms with Crippen molar-refractivity contribution in [3.8, 4) is 12.3 Å². The van der Waals surface area contributed by atoms with Crippen molar-refractivity contribution in [3.63, 3.8) is 0 Å². The van der Waals surface area contributed by atoms with E-state index < -0.39 is 24.3 Å². The van der Waals surface area contributed by atoms with Crippen LogP contribution in [0.3, 0.4) is 0 Å². The molecule has 2 saturated heterocycles. The topological polar surface area (TPSA) is 76.2 Å². The largest absolute Gasteiger partial charge is 0.334 e. The third kappa shape index (κ3) is 5.36. The van der Waals surface area contributed by atoms with Crippen LogP contribution in [0, 0.1) is 24.1 Å². The van der Waals surface area contributed by atoms with E-state index in [1.807, 2.05) is 51.1 Å². The standard InChI is InChI=1S/C29H34FN5O3/c1-5-16-32-19-26(36)34-25(35(32)29(38)31-17-22-10-8-7-9-11-22)18-33(28(37)27(34)20(3)6-2)21(4)23-12-14-24(30)15-13-23/h1,7-15,20-21,25,27H,6,16-19H2,2-4H3,(H,31,38)/t20?,21?,25-,27-/m0/s1. The summed E-state index contributed by atoms with van der Waals surface area (Å²) < 4.78 is 13.6. The molecule has 9 heteroatoms. The normalized spacial score (nSPS) is 21.5. The highest BCUT2D eigenvalue weighted by molar-refractivity contribution is 5.92. The smallest absolute Gasteiger partial charge is 0.333 e. The monoisotopic (exact) mass is 519 g/mol. The molecule has 4 amide bonds. The Kier molecular flexibility index (Phi) is 8.32. The van der Waals surface area contributed by atoms with Crippen molar-refractivity contribution in [3.05, 3.63) is 71.5 Å². The Labute approximate surface area is 223 Å². The summed E-state index contributed by atoms with van der Waals surface area (Å²) in [5, 5.41) is 6.01. The van der Waals surface area contributed by atoms with E-state index in [2.05, 4.69) is 11.2 Å². The molecule has 2 fully saturated rings. The minimum Gasteiger partial charge on any atom is -0.333 e. The quantitative estimate of drug-likeness (QED) is 0.570. The highest BCUT2D eigenvalue weighted by atomic mass is 19.1. The van der Waals surface area contributed by atoms with Gasteiger partial charge in [0.15, 0.2) is 0 Å². The molecule has 0 radical (unpaired) electrons. The number of urea groups is 1. The number of hydrogen-bond donors (Lipinski definition) is 1. The van der Waals surface area contributed by atoms with E-state index in [9.17, 15) is 18.8 Å². The Hall–Kier alpha value is -3.90. The van der Waals surface area contributed by atoms with Gasteiger partial charge in [0.25, 0.3) is 0 Å². The summed E-state index contributed by atoms with van der Waals surface area (Å²) >= 11 is 0. The van der Waals surface area contributed by atoms with Crippen molar-refractivity contribution in [2.45, 2.75) is 52.0 Å². The first-order valence-electron chi connectivity index (χ1n) is 12.9. The summed E-state index contributed by atoms with van der Waals surface area (Å²) in [4.78, 5) is 44.3. The van der Waals surface area contributed by atoms with Crippen molar-refractivity contribution >= 4 is 17.8 Å². The molecule has 0 bridgehead atoms.